The second-order valence-corrected chi connectivity index (χ2v) is 5.98. The highest BCUT2D eigenvalue weighted by atomic mass is 16.1. The van der Waals surface area contributed by atoms with Crippen molar-refractivity contribution in [1.82, 2.24) is 0 Å². The molecule has 0 amide bonds. The second kappa shape index (κ2) is 9.19. The lowest BCUT2D eigenvalue weighted by molar-refractivity contribution is -0.123. The van der Waals surface area contributed by atoms with Gasteiger partial charge in [-0.1, -0.05) is 74.0 Å². The van der Waals surface area contributed by atoms with E-state index in [1.54, 1.807) is 0 Å². The zero-order valence-electron chi connectivity index (χ0n) is 13.5. The van der Waals surface area contributed by atoms with Crippen molar-refractivity contribution in [3.8, 4) is 0 Å². The molecule has 116 valence electrons. The van der Waals surface area contributed by atoms with Crippen LogP contribution in [-0.2, 0) is 17.6 Å². The zero-order valence-corrected chi connectivity index (χ0v) is 13.5. The van der Waals surface area contributed by atoms with Gasteiger partial charge in [0.2, 0.25) is 0 Å². The van der Waals surface area contributed by atoms with E-state index in [4.69, 9.17) is 0 Å². The molecule has 2 aromatic rings. The van der Waals surface area contributed by atoms with Crippen LogP contribution >= 0.6 is 0 Å². The van der Waals surface area contributed by atoms with Crippen LogP contribution in [0.1, 0.15) is 43.7 Å². The molecule has 2 rings (SSSR count). The Morgan fingerprint density at radius 1 is 0.909 bits per heavy atom. The van der Waals surface area contributed by atoms with Gasteiger partial charge in [-0.05, 0) is 36.8 Å². The van der Waals surface area contributed by atoms with Gasteiger partial charge in [-0.15, -0.1) is 0 Å². The lowest BCUT2D eigenvalue weighted by atomic mass is 9.87. The minimum absolute atomic E-state index is 0.147. The smallest absolute Gasteiger partial charge is 0.136 e. The van der Waals surface area contributed by atoms with E-state index in [2.05, 4.69) is 55.5 Å². The number of carbonyl (C=O) groups excluding carboxylic acids is 1. The molecular formula is C21H26O. The Hall–Kier alpha value is -1.89. The minimum Gasteiger partial charge on any atom is -0.299 e. The first-order chi connectivity index (χ1) is 10.8. The number of hydrogen-bond donors (Lipinski definition) is 0. The van der Waals surface area contributed by atoms with Crippen molar-refractivity contribution in [2.75, 3.05) is 0 Å². The molecule has 0 fully saturated rings. The van der Waals surface area contributed by atoms with E-state index < -0.39 is 0 Å². The molecule has 0 heterocycles. The molecule has 0 bridgehead atoms. The van der Waals surface area contributed by atoms with Crippen LogP contribution in [0.15, 0.2) is 60.7 Å². The van der Waals surface area contributed by atoms with Crippen LogP contribution in [0.2, 0.25) is 0 Å². The van der Waals surface area contributed by atoms with Gasteiger partial charge in [0.15, 0.2) is 0 Å². The Balaban J connectivity index is 1.99. The van der Waals surface area contributed by atoms with E-state index in [1.165, 1.54) is 11.1 Å². The number of ketones is 1. The molecule has 0 spiro atoms. The maximum atomic E-state index is 12.5. The first-order valence-corrected chi connectivity index (χ1v) is 8.40. The summed E-state index contributed by atoms with van der Waals surface area (Å²) in [4.78, 5) is 12.5. The maximum absolute atomic E-state index is 12.5. The lowest BCUT2D eigenvalue weighted by Crippen LogP contribution is -2.18. The van der Waals surface area contributed by atoms with Gasteiger partial charge in [0, 0.05) is 12.3 Å². The van der Waals surface area contributed by atoms with Gasteiger partial charge in [0.05, 0.1) is 0 Å². The van der Waals surface area contributed by atoms with Crippen molar-refractivity contribution in [3.05, 3.63) is 71.8 Å². The van der Waals surface area contributed by atoms with Crippen LogP contribution in [0.5, 0.6) is 0 Å². The molecule has 1 nitrogen and oxygen atoms in total. The van der Waals surface area contributed by atoms with Gasteiger partial charge < -0.3 is 0 Å². The van der Waals surface area contributed by atoms with Crippen LogP contribution in [0.25, 0.3) is 0 Å². The summed E-state index contributed by atoms with van der Waals surface area (Å²) in [5, 5.41) is 0. The number of rotatable bonds is 9. The van der Waals surface area contributed by atoms with E-state index in [-0.39, 0.29) is 5.92 Å². The van der Waals surface area contributed by atoms with Crippen LogP contribution < -0.4 is 0 Å². The average Bonchev–Trinajstić information content (AvgIpc) is 2.58. The van der Waals surface area contributed by atoms with E-state index >= 15 is 0 Å². The molecule has 0 aliphatic carbocycles. The molecule has 2 aromatic carbocycles. The fourth-order valence-electron chi connectivity index (χ4n) is 2.82. The van der Waals surface area contributed by atoms with Crippen LogP contribution in [-0.4, -0.2) is 5.78 Å². The molecule has 1 atom stereocenters. The Labute approximate surface area is 134 Å². The number of Topliss-reactive ketones (excluding diaryl/α,β-unsaturated/α-hetero) is 1. The first-order valence-electron chi connectivity index (χ1n) is 8.40. The minimum atomic E-state index is 0.147. The third-order valence-corrected chi connectivity index (χ3v) is 4.18. The molecule has 0 saturated carbocycles. The predicted molar refractivity (Wildman–Crippen MR) is 92.9 cm³/mol. The second-order valence-electron chi connectivity index (χ2n) is 5.98. The highest BCUT2D eigenvalue weighted by Gasteiger charge is 2.18. The molecular weight excluding hydrogens is 268 g/mol. The van der Waals surface area contributed by atoms with Gasteiger partial charge in [-0.2, -0.15) is 0 Å². The SMILES string of the molecule is CCCCC(=O)C(CCc1ccccc1)Cc1ccccc1. The number of benzene rings is 2. The Kier molecular flexibility index (Phi) is 6.89. The lowest BCUT2D eigenvalue weighted by Gasteiger charge is -2.16. The van der Waals surface area contributed by atoms with E-state index in [1.807, 2.05) is 12.1 Å². The predicted octanol–water partition coefficient (Wildman–Crippen LogP) is 5.24. The van der Waals surface area contributed by atoms with Gasteiger partial charge >= 0.3 is 0 Å². The van der Waals surface area contributed by atoms with Crippen molar-refractivity contribution in [2.45, 2.75) is 45.4 Å². The summed E-state index contributed by atoms with van der Waals surface area (Å²) in [6, 6.07) is 20.9. The summed E-state index contributed by atoms with van der Waals surface area (Å²) in [6.45, 7) is 2.14. The normalized spacial score (nSPS) is 12.0. The summed E-state index contributed by atoms with van der Waals surface area (Å²) < 4.78 is 0. The molecule has 0 aromatic heterocycles. The quantitative estimate of drug-likeness (QED) is 0.618. The van der Waals surface area contributed by atoms with E-state index in [9.17, 15) is 4.79 Å². The monoisotopic (exact) mass is 294 g/mol. The highest BCUT2D eigenvalue weighted by molar-refractivity contribution is 5.81. The average molecular weight is 294 g/mol. The largest absolute Gasteiger partial charge is 0.299 e. The maximum Gasteiger partial charge on any atom is 0.136 e. The van der Waals surface area contributed by atoms with Gasteiger partial charge in [0.1, 0.15) is 5.78 Å². The summed E-state index contributed by atoms with van der Waals surface area (Å²) >= 11 is 0. The number of hydrogen-bond acceptors (Lipinski definition) is 1. The van der Waals surface area contributed by atoms with Crippen molar-refractivity contribution in [2.24, 2.45) is 5.92 Å². The highest BCUT2D eigenvalue weighted by Crippen LogP contribution is 2.19. The van der Waals surface area contributed by atoms with Crippen LogP contribution in [0.4, 0.5) is 0 Å². The van der Waals surface area contributed by atoms with E-state index in [0.717, 1.165) is 38.5 Å². The topological polar surface area (TPSA) is 17.1 Å². The third kappa shape index (κ3) is 5.48. The molecule has 0 saturated heterocycles. The van der Waals surface area contributed by atoms with Crippen LogP contribution in [0, 0.1) is 5.92 Å². The first kappa shape index (κ1) is 16.5. The number of aryl methyl sites for hydroxylation is 1. The fraction of sp³-hybridized carbons (Fsp3) is 0.381. The molecule has 1 unspecified atom stereocenters. The van der Waals surface area contributed by atoms with Crippen LogP contribution in [0.3, 0.4) is 0 Å². The Bertz CT molecular complexity index is 545. The molecule has 0 N–H and O–H groups in total. The third-order valence-electron chi connectivity index (χ3n) is 4.18. The summed E-state index contributed by atoms with van der Waals surface area (Å²) in [7, 11) is 0. The van der Waals surface area contributed by atoms with Crippen molar-refractivity contribution in [1.29, 1.82) is 0 Å². The van der Waals surface area contributed by atoms with Crippen molar-refractivity contribution < 1.29 is 4.79 Å². The standard InChI is InChI=1S/C21H26O/c1-2-3-14-21(22)20(17-19-12-8-5-9-13-19)16-15-18-10-6-4-7-11-18/h4-13,20H,2-3,14-17H2,1H3. The molecule has 0 radical (unpaired) electrons. The van der Waals surface area contributed by atoms with Gasteiger partial charge in [-0.3, -0.25) is 4.79 Å². The van der Waals surface area contributed by atoms with Gasteiger partial charge in [-0.25, -0.2) is 0 Å². The number of unbranched alkanes of at least 4 members (excludes halogenated alkanes) is 1. The molecule has 1 heteroatoms. The fourth-order valence-corrected chi connectivity index (χ4v) is 2.82. The van der Waals surface area contributed by atoms with Crippen molar-refractivity contribution in [3.63, 3.8) is 0 Å². The summed E-state index contributed by atoms with van der Waals surface area (Å²) in [5.41, 5.74) is 2.59. The zero-order chi connectivity index (χ0) is 15.6. The van der Waals surface area contributed by atoms with E-state index in [0.29, 0.717) is 5.78 Å². The molecule has 0 aliphatic heterocycles. The molecule has 0 aliphatic rings. The Morgan fingerprint density at radius 2 is 1.50 bits per heavy atom. The summed E-state index contributed by atoms with van der Waals surface area (Å²) in [6.07, 6.45) is 5.62. The van der Waals surface area contributed by atoms with Gasteiger partial charge in [0.25, 0.3) is 0 Å². The summed E-state index contributed by atoms with van der Waals surface area (Å²) in [5.74, 6) is 0.579. The van der Waals surface area contributed by atoms with Crippen molar-refractivity contribution >= 4 is 5.78 Å². The Morgan fingerprint density at radius 3 is 2.09 bits per heavy atom. The molecule has 22 heavy (non-hydrogen) atoms. The number of carbonyl (C=O) groups is 1.